The first kappa shape index (κ1) is 15.6. The van der Waals surface area contributed by atoms with E-state index in [1.54, 1.807) is 7.11 Å². The molecule has 0 saturated carbocycles. The number of nitrogens with zero attached hydrogens (tertiary/aromatic N) is 1. The van der Waals surface area contributed by atoms with Crippen molar-refractivity contribution in [3.05, 3.63) is 28.8 Å². The molecule has 20 heavy (non-hydrogen) atoms. The summed E-state index contributed by atoms with van der Waals surface area (Å²) in [5, 5.41) is 0.693. The molecule has 5 heteroatoms. The van der Waals surface area contributed by atoms with Gasteiger partial charge in [0, 0.05) is 29.8 Å². The van der Waals surface area contributed by atoms with Crippen LogP contribution in [-0.2, 0) is 4.74 Å². The smallest absolute Gasteiger partial charge is 0.125 e. The lowest BCUT2D eigenvalue weighted by molar-refractivity contribution is 0.0681. The maximum absolute atomic E-state index is 6.38. The molecule has 2 rings (SSSR count). The summed E-state index contributed by atoms with van der Waals surface area (Å²) in [6.07, 6.45) is 1.23. The van der Waals surface area contributed by atoms with E-state index in [4.69, 9.17) is 26.8 Å². The van der Waals surface area contributed by atoms with Crippen LogP contribution >= 0.6 is 11.6 Å². The van der Waals surface area contributed by atoms with Crippen molar-refractivity contribution in [1.82, 2.24) is 4.90 Å². The van der Waals surface area contributed by atoms with Crippen LogP contribution in [0.25, 0.3) is 0 Å². The van der Waals surface area contributed by atoms with E-state index in [0.717, 1.165) is 24.3 Å². The van der Waals surface area contributed by atoms with E-state index in [0.29, 0.717) is 17.6 Å². The lowest BCUT2D eigenvalue weighted by atomic mass is 10.0. The van der Waals surface area contributed by atoms with Gasteiger partial charge in [-0.25, -0.2) is 0 Å². The van der Waals surface area contributed by atoms with Gasteiger partial charge in [-0.05, 0) is 32.5 Å². The first-order chi connectivity index (χ1) is 9.60. The fourth-order valence-corrected chi connectivity index (χ4v) is 3.28. The normalized spacial score (nSPS) is 24.1. The number of rotatable bonds is 5. The van der Waals surface area contributed by atoms with E-state index < -0.39 is 0 Å². The molecule has 0 bridgehead atoms. The third-order valence-corrected chi connectivity index (χ3v) is 4.47. The summed E-state index contributed by atoms with van der Waals surface area (Å²) in [7, 11) is 3.74. The minimum atomic E-state index is 0.0211. The van der Waals surface area contributed by atoms with Crippen LogP contribution in [0, 0.1) is 0 Å². The molecule has 0 amide bonds. The largest absolute Gasteiger partial charge is 0.496 e. The van der Waals surface area contributed by atoms with Crippen LogP contribution in [0.5, 0.6) is 5.75 Å². The minimum Gasteiger partial charge on any atom is -0.496 e. The van der Waals surface area contributed by atoms with Gasteiger partial charge in [0.05, 0.1) is 19.3 Å². The highest BCUT2D eigenvalue weighted by molar-refractivity contribution is 6.31. The zero-order valence-corrected chi connectivity index (χ0v) is 13.1. The van der Waals surface area contributed by atoms with Gasteiger partial charge in [-0.2, -0.15) is 0 Å². The maximum Gasteiger partial charge on any atom is 0.125 e. The first-order valence-corrected chi connectivity index (χ1v) is 7.34. The van der Waals surface area contributed by atoms with Crippen LogP contribution in [-0.4, -0.2) is 44.4 Å². The van der Waals surface area contributed by atoms with Gasteiger partial charge >= 0.3 is 0 Å². The Balaban J connectivity index is 2.32. The second-order valence-electron chi connectivity index (χ2n) is 5.20. The summed E-state index contributed by atoms with van der Waals surface area (Å²) in [4.78, 5) is 2.27. The van der Waals surface area contributed by atoms with E-state index >= 15 is 0 Å². The Morgan fingerprint density at radius 3 is 2.85 bits per heavy atom. The average Bonchev–Trinajstić information content (AvgIpc) is 2.87. The van der Waals surface area contributed by atoms with E-state index in [9.17, 15) is 0 Å². The molecule has 3 unspecified atom stereocenters. The SMILES string of the molecule is COc1cccc(Cl)c1C(CN)N(C)C1CCOC1C. The number of methoxy groups -OCH3 is 1. The second kappa shape index (κ2) is 6.76. The summed E-state index contributed by atoms with van der Waals surface area (Å²) < 4.78 is 11.1. The summed E-state index contributed by atoms with van der Waals surface area (Å²) in [5.41, 5.74) is 6.97. The second-order valence-corrected chi connectivity index (χ2v) is 5.61. The van der Waals surface area contributed by atoms with Crippen LogP contribution in [0.15, 0.2) is 18.2 Å². The van der Waals surface area contributed by atoms with E-state index in [2.05, 4.69) is 18.9 Å². The van der Waals surface area contributed by atoms with Gasteiger partial charge in [0.1, 0.15) is 5.75 Å². The molecule has 1 aliphatic rings. The highest BCUT2D eigenvalue weighted by Crippen LogP contribution is 2.36. The van der Waals surface area contributed by atoms with Crippen molar-refractivity contribution in [2.24, 2.45) is 5.73 Å². The topological polar surface area (TPSA) is 47.7 Å². The monoisotopic (exact) mass is 298 g/mol. The molecule has 1 heterocycles. The van der Waals surface area contributed by atoms with Crippen molar-refractivity contribution in [2.45, 2.75) is 31.5 Å². The van der Waals surface area contributed by atoms with Crippen molar-refractivity contribution < 1.29 is 9.47 Å². The van der Waals surface area contributed by atoms with Gasteiger partial charge in [0.25, 0.3) is 0 Å². The van der Waals surface area contributed by atoms with Crippen LogP contribution in [0.1, 0.15) is 24.9 Å². The fraction of sp³-hybridized carbons (Fsp3) is 0.600. The molecule has 0 aliphatic carbocycles. The van der Waals surface area contributed by atoms with Crippen LogP contribution < -0.4 is 10.5 Å². The molecule has 1 fully saturated rings. The van der Waals surface area contributed by atoms with Gasteiger partial charge in [0.2, 0.25) is 0 Å². The summed E-state index contributed by atoms with van der Waals surface area (Å²) in [6.45, 7) is 3.39. The number of halogens is 1. The third kappa shape index (κ3) is 2.93. The number of hydrogen-bond donors (Lipinski definition) is 1. The summed E-state index contributed by atoms with van der Waals surface area (Å²) >= 11 is 6.38. The van der Waals surface area contributed by atoms with Gasteiger partial charge < -0.3 is 15.2 Å². The molecular weight excluding hydrogens is 276 g/mol. The molecule has 2 N–H and O–H groups in total. The molecular formula is C15H23ClN2O2. The lowest BCUT2D eigenvalue weighted by Crippen LogP contribution is -2.42. The van der Waals surface area contributed by atoms with Crippen molar-refractivity contribution in [3.63, 3.8) is 0 Å². The first-order valence-electron chi connectivity index (χ1n) is 6.96. The molecule has 0 radical (unpaired) electrons. The molecule has 112 valence electrons. The maximum atomic E-state index is 6.38. The predicted molar refractivity (Wildman–Crippen MR) is 81.4 cm³/mol. The minimum absolute atomic E-state index is 0.0211. The zero-order chi connectivity index (χ0) is 14.7. The zero-order valence-electron chi connectivity index (χ0n) is 12.3. The molecule has 0 aromatic heterocycles. The number of nitrogens with two attached hydrogens (primary N) is 1. The average molecular weight is 299 g/mol. The number of ether oxygens (including phenoxy) is 2. The number of hydrogen-bond acceptors (Lipinski definition) is 4. The van der Waals surface area contributed by atoms with Crippen molar-refractivity contribution in [2.75, 3.05) is 27.3 Å². The fourth-order valence-electron chi connectivity index (χ4n) is 2.99. The molecule has 3 atom stereocenters. The Morgan fingerprint density at radius 1 is 1.55 bits per heavy atom. The number of benzene rings is 1. The quantitative estimate of drug-likeness (QED) is 0.907. The van der Waals surface area contributed by atoms with Gasteiger partial charge in [-0.3, -0.25) is 4.90 Å². The highest BCUT2D eigenvalue weighted by Gasteiger charge is 2.33. The Bertz CT molecular complexity index is 455. The van der Waals surface area contributed by atoms with Crippen LogP contribution in [0.3, 0.4) is 0 Å². The molecule has 1 saturated heterocycles. The van der Waals surface area contributed by atoms with Crippen LogP contribution in [0.2, 0.25) is 5.02 Å². The van der Waals surface area contributed by atoms with Crippen molar-refractivity contribution in [3.8, 4) is 5.75 Å². The van der Waals surface area contributed by atoms with E-state index in [1.807, 2.05) is 18.2 Å². The van der Waals surface area contributed by atoms with Crippen molar-refractivity contribution >= 4 is 11.6 Å². The molecule has 1 aromatic rings. The van der Waals surface area contributed by atoms with E-state index in [-0.39, 0.29) is 12.1 Å². The Morgan fingerprint density at radius 2 is 2.30 bits per heavy atom. The van der Waals surface area contributed by atoms with Gasteiger partial charge in [-0.1, -0.05) is 17.7 Å². The number of likely N-dealkylation sites (N-methyl/N-ethyl adjacent to an activating group) is 1. The third-order valence-electron chi connectivity index (χ3n) is 4.14. The van der Waals surface area contributed by atoms with Crippen LogP contribution in [0.4, 0.5) is 0 Å². The molecule has 0 spiro atoms. The van der Waals surface area contributed by atoms with Gasteiger partial charge in [0.15, 0.2) is 0 Å². The predicted octanol–water partition coefficient (Wildman–Crippen LogP) is 2.46. The summed E-state index contributed by atoms with van der Waals surface area (Å²) in [5.74, 6) is 0.784. The Hall–Kier alpha value is -0.810. The standard InChI is InChI=1S/C15H23ClN2O2/c1-10-12(7-8-20-10)18(2)13(9-17)15-11(16)5-4-6-14(15)19-3/h4-6,10,12-13H,7-9,17H2,1-3H3. The molecule has 1 aromatic carbocycles. The lowest BCUT2D eigenvalue weighted by Gasteiger charge is -2.35. The molecule has 1 aliphatic heterocycles. The highest BCUT2D eigenvalue weighted by atomic mass is 35.5. The Kier molecular flexibility index (Phi) is 5.27. The Labute approximate surface area is 125 Å². The van der Waals surface area contributed by atoms with Gasteiger partial charge in [-0.15, -0.1) is 0 Å². The van der Waals surface area contributed by atoms with Crippen molar-refractivity contribution in [1.29, 1.82) is 0 Å². The molecule has 4 nitrogen and oxygen atoms in total. The van der Waals surface area contributed by atoms with E-state index in [1.165, 1.54) is 0 Å². The summed E-state index contributed by atoms with van der Waals surface area (Å²) in [6, 6.07) is 6.06.